The first kappa shape index (κ1) is 19.7. The molecule has 6 nitrogen and oxygen atoms in total. The van der Waals surface area contributed by atoms with Crippen LogP contribution in [0.3, 0.4) is 0 Å². The van der Waals surface area contributed by atoms with Gasteiger partial charge in [-0.15, -0.1) is 0 Å². The fourth-order valence-electron chi connectivity index (χ4n) is 2.13. The summed E-state index contributed by atoms with van der Waals surface area (Å²) in [4.78, 5) is -0.132. The molecule has 1 N–H and O–H groups in total. The van der Waals surface area contributed by atoms with Gasteiger partial charge >= 0.3 is 0 Å². The van der Waals surface area contributed by atoms with Gasteiger partial charge in [0.1, 0.15) is 27.2 Å². The lowest BCUT2D eigenvalue weighted by atomic mass is 10.2. The van der Waals surface area contributed by atoms with E-state index in [1.807, 2.05) is 0 Å². The Labute approximate surface area is 156 Å². The number of methoxy groups -OCH3 is 3. The minimum atomic E-state index is -3.89. The standard InChI is InChI=1S/C16H17Cl2NO5S/c1-22-11-5-4-10(13(8-11)24-3)9-19-25(20,21)14-7-6-12(23-2)15(17)16(14)18/h4-8,19H,9H2,1-3H3. The van der Waals surface area contributed by atoms with Crippen LogP contribution < -0.4 is 18.9 Å². The third-order valence-corrected chi connectivity index (χ3v) is 5.89. The van der Waals surface area contributed by atoms with Crippen molar-refractivity contribution in [3.8, 4) is 17.2 Å². The van der Waals surface area contributed by atoms with Crippen molar-refractivity contribution in [1.82, 2.24) is 4.72 Å². The Morgan fingerprint density at radius 1 is 0.920 bits per heavy atom. The molecule has 9 heteroatoms. The molecule has 0 radical (unpaired) electrons. The van der Waals surface area contributed by atoms with Gasteiger partial charge in [0.05, 0.1) is 26.4 Å². The maximum Gasteiger partial charge on any atom is 0.242 e. The molecule has 136 valence electrons. The number of hydrogen-bond acceptors (Lipinski definition) is 5. The van der Waals surface area contributed by atoms with Gasteiger partial charge in [-0.2, -0.15) is 0 Å². The number of rotatable bonds is 7. The molecule has 2 rings (SSSR count). The average molecular weight is 406 g/mol. The maximum absolute atomic E-state index is 12.5. The van der Waals surface area contributed by atoms with Gasteiger partial charge in [-0.3, -0.25) is 0 Å². The van der Waals surface area contributed by atoms with Crippen LogP contribution in [0.1, 0.15) is 5.56 Å². The van der Waals surface area contributed by atoms with Gasteiger partial charge in [0, 0.05) is 18.2 Å². The predicted molar refractivity (Wildman–Crippen MR) is 96.6 cm³/mol. The number of benzene rings is 2. The van der Waals surface area contributed by atoms with Crippen LogP contribution in [0.25, 0.3) is 0 Å². The maximum atomic E-state index is 12.5. The predicted octanol–water partition coefficient (Wildman–Crippen LogP) is 3.50. The Morgan fingerprint density at radius 3 is 2.20 bits per heavy atom. The van der Waals surface area contributed by atoms with Crippen molar-refractivity contribution >= 4 is 33.2 Å². The summed E-state index contributed by atoms with van der Waals surface area (Å²) in [6, 6.07) is 7.87. The molecule has 0 aromatic heterocycles. The molecule has 0 amide bonds. The SMILES string of the molecule is COc1ccc(CNS(=O)(=O)c2ccc(OC)c(Cl)c2Cl)c(OC)c1. The first-order valence-corrected chi connectivity index (χ1v) is 9.30. The van der Waals surface area contributed by atoms with E-state index in [0.29, 0.717) is 22.8 Å². The molecule has 2 aromatic carbocycles. The fraction of sp³-hybridized carbons (Fsp3) is 0.250. The summed E-state index contributed by atoms with van der Waals surface area (Å²) >= 11 is 12.1. The number of halogens is 2. The lowest BCUT2D eigenvalue weighted by Gasteiger charge is -2.13. The molecule has 0 heterocycles. The molecule has 0 unspecified atom stereocenters. The summed E-state index contributed by atoms with van der Waals surface area (Å²) in [5.41, 5.74) is 0.641. The van der Waals surface area contributed by atoms with Crippen LogP contribution in [0.2, 0.25) is 10.0 Å². The molecule has 0 fully saturated rings. The second-order valence-electron chi connectivity index (χ2n) is 4.90. The normalized spacial score (nSPS) is 11.2. The quantitative estimate of drug-likeness (QED) is 0.762. The summed E-state index contributed by atoms with van der Waals surface area (Å²) < 4.78 is 42.9. The van der Waals surface area contributed by atoms with E-state index in [2.05, 4.69) is 4.72 Å². The first-order chi connectivity index (χ1) is 11.8. The van der Waals surface area contributed by atoms with Crippen molar-refractivity contribution < 1.29 is 22.6 Å². The van der Waals surface area contributed by atoms with Gasteiger partial charge < -0.3 is 14.2 Å². The van der Waals surface area contributed by atoms with Crippen LogP contribution in [0.5, 0.6) is 17.2 Å². The third kappa shape index (κ3) is 4.30. The van der Waals surface area contributed by atoms with Crippen molar-refractivity contribution in [2.45, 2.75) is 11.4 Å². The Bertz CT molecular complexity index is 871. The van der Waals surface area contributed by atoms with Crippen LogP contribution in [0, 0.1) is 0 Å². The van der Waals surface area contributed by atoms with Crippen LogP contribution >= 0.6 is 23.2 Å². The van der Waals surface area contributed by atoms with Crippen LogP contribution in [0.15, 0.2) is 35.2 Å². The zero-order valence-electron chi connectivity index (χ0n) is 13.8. The second kappa shape index (κ2) is 8.14. The van der Waals surface area contributed by atoms with Crippen LogP contribution in [-0.2, 0) is 16.6 Å². The molecular formula is C16H17Cl2NO5S. The fourth-order valence-corrected chi connectivity index (χ4v) is 3.97. The van der Waals surface area contributed by atoms with E-state index < -0.39 is 10.0 Å². The molecule has 0 saturated heterocycles. The Kier molecular flexibility index (Phi) is 6.40. The highest BCUT2D eigenvalue weighted by Gasteiger charge is 2.22. The molecular weight excluding hydrogens is 389 g/mol. The highest BCUT2D eigenvalue weighted by molar-refractivity contribution is 7.89. The molecule has 0 atom stereocenters. The molecule has 25 heavy (non-hydrogen) atoms. The monoisotopic (exact) mass is 405 g/mol. The third-order valence-electron chi connectivity index (χ3n) is 3.47. The number of sulfonamides is 1. The molecule has 0 aliphatic rings. The second-order valence-corrected chi connectivity index (χ2v) is 7.39. The van der Waals surface area contributed by atoms with Crippen molar-refractivity contribution in [3.05, 3.63) is 45.9 Å². The summed E-state index contributed by atoms with van der Waals surface area (Å²) in [5.74, 6) is 1.40. The zero-order valence-corrected chi connectivity index (χ0v) is 16.1. The lowest BCUT2D eigenvalue weighted by molar-refractivity contribution is 0.390. The average Bonchev–Trinajstić information content (AvgIpc) is 2.61. The summed E-state index contributed by atoms with van der Waals surface area (Å²) in [5, 5.41) is -0.0655. The highest BCUT2D eigenvalue weighted by atomic mass is 35.5. The molecule has 0 bridgehead atoms. The first-order valence-electron chi connectivity index (χ1n) is 7.06. The van der Waals surface area contributed by atoms with E-state index in [9.17, 15) is 8.42 Å². The van der Waals surface area contributed by atoms with Gasteiger partial charge in [0.15, 0.2) is 0 Å². The van der Waals surface area contributed by atoms with Crippen molar-refractivity contribution in [1.29, 1.82) is 0 Å². The van der Waals surface area contributed by atoms with Crippen LogP contribution in [0.4, 0.5) is 0 Å². The van der Waals surface area contributed by atoms with Crippen LogP contribution in [-0.4, -0.2) is 29.7 Å². The topological polar surface area (TPSA) is 73.9 Å². The molecule has 0 aliphatic heterocycles. The van der Waals surface area contributed by atoms with Gasteiger partial charge in [-0.1, -0.05) is 29.3 Å². The van der Waals surface area contributed by atoms with E-state index in [1.165, 1.54) is 33.5 Å². The van der Waals surface area contributed by atoms with E-state index in [-0.39, 0.29) is 21.5 Å². The zero-order chi connectivity index (χ0) is 18.6. The highest BCUT2D eigenvalue weighted by Crippen LogP contribution is 2.36. The molecule has 2 aromatic rings. The van der Waals surface area contributed by atoms with E-state index in [4.69, 9.17) is 37.4 Å². The van der Waals surface area contributed by atoms with E-state index in [0.717, 1.165) is 0 Å². The Balaban J connectivity index is 2.27. The van der Waals surface area contributed by atoms with E-state index >= 15 is 0 Å². The van der Waals surface area contributed by atoms with Crippen molar-refractivity contribution in [2.24, 2.45) is 0 Å². The largest absolute Gasteiger partial charge is 0.497 e. The minimum absolute atomic E-state index is 0.00940. The summed E-state index contributed by atoms with van der Waals surface area (Å²) in [6.07, 6.45) is 0. The number of nitrogens with one attached hydrogen (secondary N) is 1. The van der Waals surface area contributed by atoms with Gasteiger partial charge in [-0.25, -0.2) is 13.1 Å². The molecule has 0 aliphatic carbocycles. The minimum Gasteiger partial charge on any atom is -0.497 e. The van der Waals surface area contributed by atoms with Gasteiger partial charge in [0.2, 0.25) is 10.0 Å². The smallest absolute Gasteiger partial charge is 0.242 e. The van der Waals surface area contributed by atoms with Crippen molar-refractivity contribution in [3.63, 3.8) is 0 Å². The Morgan fingerprint density at radius 2 is 1.60 bits per heavy atom. The number of ether oxygens (including phenoxy) is 3. The number of hydrogen-bond donors (Lipinski definition) is 1. The lowest BCUT2D eigenvalue weighted by Crippen LogP contribution is -2.24. The van der Waals surface area contributed by atoms with Crippen molar-refractivity contribution in [2.75, 3.05) is 21.3 Å². The van der Waals surface area contributed by atoms with E-state index in [1.54, 1.807) is 18.2 Å². The van der Waals surface area contributed by atoms with Gasteiger partial charge in [0.25, 0.3) is 0 Å². The Hall–Kier alpha value is -1.67. The summed E-state index contributed by atoms with van der Waals surface area (Å²) in [6.45, 7) is 0.00940. The molecule has 0 spiro atoms. The molecule has 0 saturated carbocycles. The van der Waals surface area contributed by atoms with Gasteiger partial charge in [-0.05, 0) is 18.2 Å². The summed E-state index contributed by atoms with van der Waals surface area (Å²) in [7, 11) is 0.558.